The molecule has 1 heterocycles. The monoisotopic (exact) mass is 360 g/mol. The van der Waals surface area contributed by atoms with Crippen molar-refractivity contribution in [1.29, 1.82) is 0 Å². The number of hydrogen-bond acceptors (Lipinski definition) is 3. The van der Waals surface area contributed by atoms with E-state index in [0.717, 1.165) is 17.2 Å². The standard InChI is InChI=1S/C18H15F3N4O/c19-18(20,21)16-4-2-1-3-15(16)17(26)23-9-13-5-7-14(8-6-13)10-25-12-22-11-24-25/h1-8,11-12H,9-10H2,(H,23,26). The van der Waals surface area contributed by atoms with Gasteiger partial charge in [-0.25, -0.2) is 9.67 Å². The molecule has 0 aliphatic rings. The van der Waals surface area contributed by atoms with Gasteiger partial charge in [-0.15, -0.1) is 0 Å². The number of nitrogens with zero attached hydrogens (tertiary/aromatic N) is 3. The summed E-state index contributed by atoms with van der Waals surface area (Å²) in [7, 11) is 0. The van der Waals surface area contributed by atoms with Crippen LogP contribution in [0.4, 0.5) is 13.2 Å². The zero-order chi connectivity index (χ0) is 18.6. The van der Waals surface area contributed by atoms with E-state index in [2.05, 4.69) is 15.4 Å². The third kappa shape index (κ3) is 4.27. The summed E-state index contributed by atoms with van der Waals surface area (Å²) >= 11 is 0. The number of rotatable bonds is 5. The van der Waals surface area contributed by atoms with Crippen molar-refractivity contribution in [3.05, 3.63) is 83.4 Å². The van der Waals surface area contributed by atoms with E-state index in [4.69, 9.17) is 0 Å². The Morgan fingerprint density at radius 1 is 1.04 bits per heavy atom. The van der Waals surface area contributed by atoms with E-state index in [1.807, 2.05) is 24.3 Å². The zero-order valence-corrected chi connectivity index (χ0v) is 13.6. The van der Waals surface area contributed by atoms with Crippen LogP contribution < -0.4 is 5.32 Å². The minimum Gasteiger partial charge on any atom is -0.348 e. The molecule has 1 N–H and O–H groups in total. The highest BCUT2D eigenvalue weighted by atomic mass is 19.4. The largest absolute Gasteiger partial charge is 0.417 e. The van der Waals surface area contributed by atoms with E-state index in [0.29, 0.717) is 6.54 Å². The van der Waals surface area contributed by atoms with Gasteiger partial charge in [0.15, 0.2) is 0 Å². The summed E-state index contributed by atoms with van der Waals surface area (Å²) in [5.41, 5.74) is 0.446. The number of carbonyl (C=O) groups excluding carboxylic acids is 1. The third-order valence-electron chi connectivity index (χ3n) is 3.76. The number of nitrogens with one attached hydrogen (secondary N) is 1. The van der Waals surface area contributed by atoms with Gasteiger partial charge in [0.1, 0.15) is 12.7 Å². The van der Waals surface area contributed by atoms with E-state index in [1.54, 1.807) is 11.0 Å². The molecule has 134 valence electrons. The predicted molar refractivity (Wildman–Crippen MR) is 88.2 cm³/mol. The van der Waals surface area contributed by atoms with Crippen molar-refractivity contribution in [2.75, 3.05) is 0 Å². The van der Waals surface area contributed by atoms with Gasteiger partial charge in [-0.05, 0) is 23.3 Å². The van der Waals surface area contributed by atoms with Crippen LogP contribution in [0.5, 0.6) is 0 Å². The second-order valence-electron chi connectivity index (χ2n) is 5.64. The zero-order valence-electron chi connectivity index (χ0n) is 13.6. The number of halogens is 3. The Labute approximate surface area is 147 Å². The summed E-state index contributed by atoms with van der Waals surface area (Å²) in [6.07, 6.45) is -1.52. The van der Waals surface area contributed by atoms with Gasteiger partial charge in [0.05, 0.1) is 17.7 Å². The first-order valence-electron chi connectivity index (χ1n) is 7.78. The van der Waals surface area contributed by atoms with E-state index < -0.39 is 17.6 Å². The molecule has 1 amide bonds. The van der Waals surface area contributed by atoms with Crippen LogP contribution in [0.1, 0.15) is 27.0 Å². The van der Waals surface area contributed by atoms with Crippen LogP contribution in [0.25, 0.3) is 0 Å². The van der Waals surface area contributed by atoms with Gasteiger partial charge in [-0.2, -0.15) is 18.3 Å². The quantitative estimate of drug-likeness (QED) is 0.760. The van der Waals surface area contributed by atoms with Crippen LogP contribution in [0.3, 0.4) is 0 Å². The molecule has 0 aliphatic carbocycles. The van der Waals surface area contributed by atoms with E-state index >= 15 is 0 Å². The minimum atomic E-state index is -4.57. The fourth-order valence-electron chi connectivity index (χ4n) is 2.47. The summed E-state index contributed by atoms with van der Waals surface area (Å²) in [6, 6.07) is 12.1. The molecular formula is C18H15F3N4O. The Balaban J connectivity index is 1.63. The second kappa shape index (κ2) is 7.38. The molecule has 0 unspecified atom stereocenters. The molecule has 3 rings (SSSR count). The molecule has 0 spiro atoms. The van der Waals surface area contributed by atoms with Gasteiger partial charge >= 0.3 is 6.18 Å². The van der Waals surface area contributed by atoms with Crippen molar-refractivity contribution < 1.29 is 18.0 Å². The van der Waals surface area contributed by atoms with Crippen molar-refractivity contribution in [3.8, 4) is 0 Å². The fourth-order valence-corrected chi connectivity index (χ4v) is 2.47. The molecule has 0 saturated heterocycles. The molecular weight excluding hydrogens is 345 g/mol. The van der Waals surface area contributed by atoms with Crippen LogP contribution in [-0.4, -0.2) is 20.7 Å². The fraction of sp³-hybridized carbons (Fsp3) is 0.167. The van der Waals surface area contributed by atoms with Crippen LogP contribution in [0, 0.1) is 0 Å². The summed E-state index contributed by atoms with van der Waals surface area (Å²) in [6.45, 7) is 0.695. The Morgan fingerprint density at radius 3 is 2.38 bits per heavy atom. The van der Waals surface area contributed by atoms with Gasteiger partial charge in [-0.3, -0.25) is 4.79 Å². The highest BCUT2D eigenvalue weighted by Gasteiger charge is 2.34. The highest BCUT2D eigenvalue weighted by Crippen LogP contribution is 2.31. The highest BCUT2D eigenvalue weighted by molar-refractivity contribution is 5.95. The Morgan fingerprint density at radius 2 is 1.73 bits per heavy atom. The van der Waals surface area contributed by atoms with Crippen LogP contribution in [0.2, 0.25) is 0 Å². The predicted octanol–water partition coefficient (Wildman–Crippen LogP) is 3.28. The Hall–Kier alpha value is -3.16. The second-order valence-corrected chi connectivity index (χ2v) is 5.64. The van der Waals surface area contributed by atoms with E-state index in [9.17, 15) is 18.0 Å². The molecule has 26 heavy (non-hydrogen) atoms. The van der Waals surface area contributed by atoms with Crippen LogP contribution in [0.15, 0.2) is 61.2 Å². The van der Waals surface area contributed by atoms with Crippen molar-refractivity contribution in [3.63, 3.8) is 0 Å². The smallest absolute Gasteiger partial charge is 0.348 e. The number of alkyl halides is 3. The number of benzene rings is 2. The Bertz CT molecular complexity index is 874. The first-order chi connectivity index (χ1) is 12.4. The van der Waals surface area contributed by atoms with Crippen molar-refractivity contribution >= 4 is 5.91 Å². The van der Waals surface area contributed by atoms with Gasteiger partial charge in [0.25, 0.3) is 5.91 Å². The number of carbonyl (C=O) groups is 1. The molecule has 0 radical (unpaired) electrons. The molecule has 2 aromatic carbocycles. The van der Waals surface area contributed by atoms with Gasteiger partial charge in [0, 0.05) is 6.54 Å². The normalized spacial score (nSPS) is 11.3. The number of hydrogen-bond donors (Lipinski definition) is 1. The van der Waals surface area contributed by atoms with Crippen molar-refractivity contribution in [2.24, 2.45) is 0 Å². The summed E-state index contributed by atoms with van der Waals surface area (Å²) < 4.78 is 40.6. The maximum atomic E-state index is 13.0. The Kier molecular flexibility index (Phi) is 5.01. The minimum absolute atomic E-state index is 0.134. The maximum absolute atomic E-state index is 13.0. The van der Waals surface area contributed by atoms with Gasteiger partial charge in [-0.1, -0.05) is 36.4 Å². The summed E-state index contributed by atoms with van der Waals surface area (Å²) in [5.74, 6) is -0.760. The molecule has 0 aliphatic heterocycles. The first-order valence-corrected chi connectivity index (χ1v) is 7.78. The number of aromatic nitrogens is 3. The lowest BCUT2D eigenvalue weighted by Gasteiger charge is -2.12. The molecule has 1 aromatic heterocycles. The molecule has 0 fully saturated rings. The summed E-state index contributed by atoms with van der Waals surface area (Å²) in [5, 5.41) is 6.54. The average molecular weight is 360 g/mol. The average Bonchev–Trinajstić information content (AvgIpc) is 3.13. The lowest BCUT2D eigenvalue weighted by Crippen LogP contribution is -2.25. The first kappa shape index (κ1) is 17.7. The topological polar surface area (TPSA) is 59.8 Å². The molecule has 5 nitrogen and oxygen atoms in total. The SMILES string of the molecule is O=C(NCc1ccc(Cn2cncn2)cc1)c1ccccc1C(F)(F)F. The van der Waals surface area contributed by atoms with E-state index in [1.165, 1.54) is 24.5 Å². The third-order valence-corrected chi connectivity index (χ3v) is 3.76. The molecule has 0 bridgehead atoms. The van der Waals surface area contributed by atoms with Gasteiger partial charge in [0.2, 0.25) is 0 Å². The molecule has 3 aromatic rings. The van der Waals surface area contributed by atoms with E-state index in [-0.39, 0.29) is 12.1 Å². The van der Waals surface area contributed by atoms with Crippen LogP contribution in [-0.2, 0) is 19.3 Å². The summed E-state index contributed by atoms with van der Waals surface area (Å²) in [4.78, 5) is 16.0. The van der Waals surface area contributed by atoms with Crippen molar-refractivity contribution in [2.45, 2.75) is 19.3 Å². The maximum Gasteiger partial charge on any atom is 0.417 e. The lowest BCUT2D eigenvalue weighted by atomic mass is 10.1. The molecule has 0 atom stereocenters. The van der Waals surface area contributed by atoms with Gasteiger partial charge < -0.3 is 5.32 Å². The molecule has 8 heteroatoms. The molecule has 0 saturated carbocycles. The van der Waals surface area contributed by atoms with Crippen LogP contribution >= 0.6 is 0 Å². The number of amides is 1. The van der Waals surface area contributed by atoms with Crippen molar-refractivity contribution in [1.82, 2.24) is 20.1 Å². The lowest BCUT2D eigenvalue weighted by molar-refractivity contribution is -0.137.